The number of nitrogens with one attached hydrogen (secondary N) is 1. The van der Waals surface area contributed by atoms with Crippen molar-refractivity contribution in [2.24, 2.45) is 7.05 Å². The van der Waals surface area contributed by atoms with Gasteiger partial charge in [0.1, 0.15) is 6.04 Å². The van der Waals surface area contributed by atoms with E-state index in [0.717, 1.165) is 39.2 Å². The van der Waals surface area contributed by atoms with Gasteiger partial charge < -0.3 is 10.4 Å². The van der Waals surface area contributed by atoms with Gasteiger partial charge in [-0.25, -0.2) is 0 Å². The number of nitrogens with zero attached hydrogens (tertiary/aromatic N) is 2. The molecular weight excluding hydrogens is 467 g/mol. The lowest BCUT2D eigenvalue weighted by molar-refractivity contribution is -0.139. The number of rotatable bonds is 7. The maximum Gasteiger partial charge on any atom is 0.416 e. The predicted octanol–water partition coefficient (Wildman–Crippen LogP) is 6.30. The van der Waals surface area contributed by atoms with Crippen LogP contribution < -0.4 is 5.32 Å². The number of carboxylic acid groups (broad SMARTS) is 1. The first-order valence-electron chi connectivity index (χ1n) is 11.4. The number of aliphatic carboxylic acids is 1. The number of carbonyl (C=O) groups is 1. The first-order valence-corrected chi connectivity index (χ1v) is 11.4. The Morgan fingerprint density at radius 2 is 1.86 bits per heavy atom. The lowest BCUT2D eigenvalue weighted by Gasteiger charge is -2.14. The maximum atomic E-state index is 13.7. The van der Waals surface area contributed by atoms with Crippen molar-refractivity contribution in [1.29, 1.82) is 0 Å². The molecule has 0 saturated carbocycles. The van der Waals surface area contributed by atoms with Crippen LogP contribution in [0.1, 0.15) is 34.7 Å². The number of halogens is 3. The third-order valence-corrected chi connectivity index (χ3v) is 6.16. The first kappa shape index (κ1) is 25.2. The molecule has 0 aliphatic carbocycles. The minimum absolute atomic E-state index is 0.0180. The molecule has 1 atom stereocenters. The van der Waals surface area contributed by atoms with Crippen LogP contribution in [0.25, 0.3) is 34.2 Å². The summed E-state index contributed by atoms with van der Waals surface area (Å²) < 4.78 is 42.8. The summed E-state index contributed by atoms with van der Waals surface area (Å²) in [6, 6.07) is 14.8. The Labute approximate surface area is 206 Å². The smallest absolute Gasteiger partial charge is 0.416 e. The fourth-order valence-corrected chi connectivity index (χ4v) is 4.11. The lowest BCUT2D eigenvalue weighted by Crippen LogP contribution is -2.33. The molecule has 4 aromatic rings. The number of benzene rings is 3. The summed E-state index contributed by atoms with van der Waals surface area (Å²) in [5.41, 5.74) is 4.38. The zero-order valence-electron chi connectivity index (χ0n) is 20.1. The van der Waals surface area contributed by atoms with Crippen molar-refractivity contribution in [2.45, 2.75) is 32.6 Å². The zero-order chi connectivity index (χ0) is 26.0. The third-order valence-electron chi connectivity index (χ3n) is 6.16. The minimum atomic E-state index is -4.52. The summed E-state index contributed by atoms with van der Waals surface area (Å²) in [4.78, 5) is 11.0. The summed E-state index contributed by atoms with van der Waals surface area (Å²) in [5, 5.41) is 17.3. The topological polar surface area (TPSA) is 67.2 Å². The molecule has 0 saturated heterocycles. The molecular formula is C28H26F3N3O2. The van der Waals surface area contributed by atoms with Crippen molar-refractivity contribution in [3.05, 3.63) is 88.6 Å². The number of aryl methyl sites for hydroxylation is 1. The van der Waals surface area contributed by atoms with Gasteiger partial charge in [-0.3, -0.25) is 9.48 Å². The van der Waals surface area contributed by atoms with Crippen LogP contribution in [0.3, 0.4) is 0 Å². The van der Waals surface area contributed by atoms with Crippen LogP contribution in [0.4, 0.5) is 13.2 Å². The molecule has 0 aliphatic heterocycles. The number of hydrogen-bond donors (Lipinski definition) is 2. The van der Waals surface area contributed by atoms with Gasteiger partial charge in [-0.05, 0) is 65.4 Å². The zero-order valence-corrected chi connectivity index (χ0v) is 20.1. The van der Waals surface area contributed by atoms with E-state index in [1.165, 1.54) is 25.1 Å². The van der Waals surface area contributed by atoms with Crippen LogP contribution in [-0.2, 0) is 24.6 Å². The Hall–Kier alpha value is -3.91. The SMILES string of the molecule is Cc1c(/C=C/c2cc(CNC(C)C(=O)O)ccc2C(F)(F)F)cccc1-c1ccc2cn(C)nc2c1. The molecule has 1 aromatic heterocycles. The minimum Gasteiger partial charge on any atom is -0.480 e. The Morgan fingerprint density at radius 3 is 2.58 bits per heavy atom. The number of hydrogen-bond acceptors (Lipinski definition) is 3. The van der Waals surface area contributed by atoms with Crippen LogP contribution in [0, 0.1) is 6.92 Å². The van der Waals surface area contributed by atoms with E-state index in [-0.39, 0.29) is 12.1 Å². The van der Waals surface area contributed by atoms with E-state index in [4.69, 9.17) is 5.11 Å². The molecule has 1 heterocycles. The predicted molar refractivity (Wildman–Crippen MR) is 135 cm³/mol. The summed E-state index contributed by atoms with van der Waals surface area (Å²) >= 11 is 0. The average molecular weight is 494 g/mol. The second kappa shape index (κ2) is 9.99. The summed E-state index contributed by atoms with van der Waals surface area (Å²) in [7, 11) is 1.86. The molecule has 0 amide bonds. The monoisotopic (exact) mass is 493 g/mol. The summed E-state index contributed by atoms with van der Waals surface area (Å²) in [5.74, 6) is -1.03. The highest BCUT2D eigenvalue weighted by molar-refractivity contribution is 5.86. The number of fused-ring (bicyclic) bond motifs is 1. The second-order valence-corrected chi connectivity index (χ2v) is 8.79. The molecule has 5 nitrogen and oxygen atoms in total. The van der Waals surface area contributed by atoms with Gasteiger partial charge in [0.05, 0.1) is 11.1 Å². The lowest BCUT2D eigenvalue weighted by atomic mass is 9.95. The van der Waals surface area contributed by atoms with E-state index >= 15 is 0 Å². The molecule has 8 heteroatoms. The fourth-order valence-electron chi connectivity index (χ4n) is 4.11. The van der Waals surface area contributed by atoms with Crippen LogP contribution in [0.2, 0.25) is 0 Å². The number of aromatic nitrogens is 2. The van der Waals surface area contributed by atoms with E-state index in [0.29, 0.717) is 5.56 Å². The molecule has 0 radical (unpaired) electrons. The molecule has 4 rings (SSSR count). The molecule has 0 bridgehead atoms. The van der Waals surface area contributed by atoms with Gasteiger partial charge in [-0.1, -0.05) is 48.6 Å². The molecule has 1 unspecified atom stereocenters. The van der Waals surface area contributed by atoms with E-state index < -0.39 is 23.8 Å². The van der Waals surface area contributed by atoms with Crippen LogP contribution in [-0.4, -0.2) is 26.9 Å². The van der Waals surface area contributed by atoms with Crippen LogP contribution in [0.5, 0.6) is 0 Å². The quantitative estimate of drug-likeness (QED) is 0.297. The highest BCUT2D eigenvalue weighted by Crippen LogP contribution is 2.34. The van der Waals surface area contributed by atoms with Crippen LogP contribution in [0.15, 0.2) is 60.8 Å². The largest absolute Gasteiger partial charge is 0.480 e. The van der Waals surface area contributed by atoms with Gasteiger partial charge in [0.2, 0.25) is 0 Å². The van der Waals surface area contributed by atoms with Gasteiger partial charge in [-0.2, -0.15) is 18.3 Å². The summed E-state index contributed by atoms with van der Waals surface area (Å²) in [6.45, 7) is 3.56. The molecule has 0 fully saturated rings. The van der Waals surface area contributed by atoms with Gasteiger partial charge in [0, 0.05) is 25.2 Å². The molecule has 36 heavy (non-hydrogen) atoms. The number of alkyl halides is 3. The van der Waals surface area contributed by atoms with Gasteiger partial charge in [0.15, 0.2) is 0 Å². The van der Waals surface area contributed by atoms with E-state index in [1.807, 2.05) is 56.6 Å². The van der Waals surface area contributed by atoms with E-state index in [1.54, 1.807) is 10.8 Å². The highest BCUT2D eigenvalue weighted by Gasteiger charge is 2.32. The third kappa shape index (κ3) is 5.49. The van der Waals surface area contributed by atoms with Gasteiger partial charge in [0.25, 0.3) is 0 Å². The van der Waals surface area contributed by atoms with Crippen molar-refractivity contribution in [1.82, 2.24) is 15.1 Å². The van der Waals surface area contributed by atoms with E-state index in [2.05, 4.69) is 10.4 Å². The molecule has 186 valence electrons. The first-order chi connectivity index (χ1) is 17.0. The second-order valence-electron chi connectivity index (χ2n) is 8.79. The van der Waals surface area contributed by atoms with Crippen molar-refractivity contribution >= 4 is 29.0 Å². The Balaban J connectivity index is 1.67. The summed E-state index contributed by atoms with van der Waals surface area (Å²) in [6.07, 6.45) is 0.561. The Bertz CT molecular complexity index is 1450. The van der Waals surface area contributed by atoms with Crippen molar-refractivity contribution in [2.75, 3.05) is 0 Å². The van der Waals surface area contributed by atoms with Crippen molar-refractivity contribution in [3.8, 4) is 11.1 Å². The highest BCUT2D eigenvalue weighted by atomic mass is 19.4. The molecule has 0 aliphatic rings. The van der Waals surface area contributed by atoms with Crippen molar-refractivity contribution in [3.63, 3.8) is 0 Å². The molecule has 3 aromatic carbocycles. The van der Waals surface area contributed by atoms with Gasteiger partial charge >= 0.3 is 12.1 Å². The van der Waals surface area contributed by atoms with E-state index in [9.17, 15) is 18.0 Å². The van der Waals surface area contributed by atoms with Crippen LogP contribution >= 0.6 is 0 Å². The Morgan fingerprint density at radius 1 is 1.11 bits per heavy atom. The molecule has 2 N–H and O–H groups in total. The van der Waals surface area contributed by atoms with Gasteiger partial charge in [-0.15, -0.1) is 0 Å². The standard InChI is InChI=1S/C28H26F3N3O2/c1-17-20(5-4-6-24(17)21-9-11-23-16-34(3)33-26(23)14-21)8-10-22-13-19(15-32-18(2)27(35)36)7-12-25(22)28(29,30)31/h4-14,16,18,32H,15H2,1-3H3,(H,35,36)/b10-8+. The number of carboxylic acids is 1. The maximum absolute atomic E-state index is 13.7. The average Bonchev–Trinajstić information content (AvgIpc) is 3.20. The molecule has 0 spiro atoms. The van der Waals surface area contributed by atoms with Crippen molar-refractivity contribution < 1.29 is 23.1 Å². The normalized spacial score (nSPS) is 12.9. The fraction of sp³-hybridized carbons (Fsp3) is 0.214. The Kier molecular flexibility index (Phi) is 6.99.